The van der Waals surface area contributed by atoms with Gasteiger partial charge >= 0.3 is 0 Å². The van der Waals surface area contributed by atoms with E-state index in [2.05, 4.69) is 0 Å². The van der Waals surface area contributed by atoms with Crippen molar-refractivity contribution in [2.75, 3.05) is 6.26 Å². The molecular weight excluding hydrogens is 216 g/mol. The van der Waals surface area contributed by atoms with Gasteiger partial charge in [-0.1, -0.05) is 6.07 Å². The van der Waals surface area contributed by atoms with Gasteiger partial charge in [-0.25, -0.2) is 8.42 Å². The van der Waals surface area contributed by atoms with Crippen LogP contribution in [-0.2, 0) is 15.4 Å². The van der Waals surface area contributed by atoms with Crippen LogP contribution in [0.4, 0.5) is 0 Å². The van der Waals surface area contributed by atoms with Gasteiger partial charge in [0, 0.05) is 11.8 Å². The highest BCUT2D eigenvalue weighted by Gasteiger charge is 2.21. The molecule has 0 radical (unpaired) electrons. The fourth-order valence-electron chi connectivity index (χ4n) is 1.26. The van der Waals surface area contributed by atoms with E-state index in [-0.39, 0.29) is 10.6 Å². The van der Waals surface area contributed by atoms with Crippen molar-refractivity contribution in [3.63, 3.8) is 0 Å². The van der Waals surface area contributed by atoms with Gasteiger partial charge in [0.1, 0.15) is 5.75 Å². The summed E-state index contributed by atoms with van der Waals surface area (Å²) in [7, 11) is -3.33. The standard InChI is InChI=1S/C10H14O4S/c1-10(2,12)8-5-4-7(6-9(8)11)15(3,13)14/h4-6,11-12H,1-3H3. The molecule has 0 aliphatic carbocycles. The van der Waals surface area contributed by atoms with E-state index < -0.39 is 15.4 Å². The molecule has 0 aromatic heterocycles. The molecule has 0 aliphatic heterocycles. The van der Waals surface area contributed by atoms with E-state index in [1.807, 2.05) is 0 Å². The zero-order chi connectivity index (χ0) is 11.9. The zero-order valence-electron chi connectivity index (χ0n) is 8.85. The van der Waals surface area contributed by atoms with Crippen molar-refractivity contribution in [1.29, 1.82) is 0 Å². The number of phenolic OH excluding ortho intramolecular Hbond substituents is 1. The van der Waals surface area contributed by atoms with Crippen LogP contribution in [0.3, 0.4) is 0 Å². The highest BCUT2D eigenvalue weighted by atomic mass is 32.2. The quantitative estimate of drug-likeness (QED) is 0.795. The van der Waals surface area contributed by atoms with Crippen LogP contribution in [0.5, 0.6) is 5.75 Å². The summed E-state index contributed by atoms with van der Waals surface area (Å²) < 4.78 is 22.3. The van der Waals surface area contributed by atoms with E-state index in [4.69, 9.17) is 0 Å². The molecule has 15 heavy (non-hydrogen) atoms. The Hall–Kier alpha value is -1.07. The Morgan fingerprint density at radius 1 is 1.27 bits per heavy atom. The highest BCUT2D eigenvalue weighted by molar-refractivity contribution is 7.90. The molecule has 84 valence electrons. The molecule has 0 heterocycles. The van der Waals surface area contributed by atoms with Gasteiger partial charge in [0.05, 0.1) is 10.5 Å². The Labute approximate surface area is 89.1 Å². The average Bonchev–Trinajstić information content (AvgIpc) is 1.99. The normalized spacial score (nSPS) is 12.8. The van der Waals surface area contributed by atoms with Gasteiger partial charge in [0.25, 0.3) is 0 Å². The van der Waals surface area contributed by atoms with Crippen LogP contribution in [0.15, 0.2) is 23.1 Å². The molecule has 0 amide bonds. The minimum absolute atomic E-state index is 0.0352. The Morgan fingerprint density at radius 3 is 2.13 bits per heavy atom. The molecule has 1 aromatic carbocycles. The van der Waals surface area contributed by atoms with Crippen LogP contribution < -0.4 is 0 Å². The third-order valence-electron chi connectivity index (χ3n) is 2.06. The Morgan fingerprint density at radius 2 is 1.80 bits per heavy atom. The third-order valence-corrected chi connectivity index (χ3v) is 3.17. The second kappa shape index (κ2) is 3.50. The Kier molecular flexibility index (Phi) is 2.80. The Bertz CT molecular complexity index is 469. The van der Waals surface area contributed by atoms with Gasteiger partial charge in [-0.05, 0) is 26.0 Å². The summed E-state index contributed by atoms with van der Waals surface area (Å²) >= 11 is 0. The monoisotopic (exact) mass is 230 g/mol. The molecule has 0 atom stereocenters. The maximum absolute atomic E-state index is 11.2. The SMILES string of the molecule is CC(C)(O)c1ccc(S(C)(=O)=O)cc1O. The van der Waals surface area contributed by atoms with Crippen LogP contribution in [-0.4, -0.2) is 24.9 Å². The van der Waals surface area contributed by atoms with E-state index >= 15 is 0 Å². The molecule has 0 unspecified atom stereocenters. The van der Waals surface area contributed by atoms with Gasteiger partial charge in [-0.3, -0.25) is 0 Å². The van der Waals surface area contributed by atoms with Crippen LogP contribution in [0.25, 0.3) is 0 Å². The summed E-state index contributed by atoms with van der Waals surface area (Å²) in [5, 5.41) is 19.2. The highest BCUT2D eigenvalue weighted by Crippen LogP contribution is 2.30. The first kappa shape index (κ1) is 12.0. The number of sulfone groups is 1. The fourth-order valence-corrected chi connectivity index (χ4v) is 1.90. The molecule has 0 bridgehead atoms. The lowest BCUT2D eigenvalue weighted by atomic mass is 9.98. The van der Waals surface area contributed by atoms with Crippen molar-refractivity contribution in [2.24, 2.45) is 0 Å². The number of aliphatic hydroxyl groups is 1. The van der Waals surface area contributed by atoms with Crippen LogP contribution in [0.2, 0.25) is 0 Å². The van der Waals surface area contributed by atoms with E-state index in [9.17, 15) is 18.6 Å². The first-order chi connectivity index (χ1) is 6.62. The lowest BCUT2D eigenvalue weighted by Crippen LogP contribution is -2.15. The smallest absolute Gasteiger partial charge is 0.175 e. The summed E-state index contributed by atoms with van der Waals surface area (Å²) in [5.74, 6) is -0.217. The summed E-state index contributed by atoms with van der Waals surface area (Å²) in [5.41, 5.74) is -0.893. The molecule has 5 heteroatoms. The summed E-state index contributed by atoms with van der Waals surface area (Å²) in [4.78, 5) is 0.0352. The zero-order valence-corrected chi connectivity index (χ0v) is 9.67. The van der Waals surface area contributed by atoms with Crippen molar-refractivity contribution in [3.05, 3.63) is 23.8 Å². The van der Waals surface area contributed by atoms with Crippen LogP contribution in [0, 0.1) is 0 Å². The predicted molar refractivity (Wildman–Crippen MR) is 56.5 cm³/mol. The topological polar surface area (TPSA) is 74.6 Å². The van der Waals surface area contributed by atoms with E-state index in [1.54, 1.807) is 0 Å². The largest absolute Gasteiger partial charge is 0.508 e. The first-order valence-corrected chi connectivity index (χ1v) is 6.27. The van der Waals surface area contributed by atoms with Crippen molar-refractivity contribution in [1.82, 2.24) is 0 Å². The molecule has 0 aliphatic rings. The van der Waals surface area contributed by atoms with E-state index in [0.717, 1.165) is 12.3 Å². The van der Waals surface area contributed by atoms with Gasteiger partial charge in [0.15, 0.2) is 9.84 Å². The van der Waals surface area contributed by atoms with Crippen molar-refractivity contribution >= 4 is 9.84 Å². The molecule has 0 spiro atoms. The number of hydrogen-bond donors (Lipinski definition) is 2. The predicted octanol–water partition coefficient (Wildman–Crippen LogP) is 1.02. The van der Waals surface area contributed by atoms with Gasteiger partial charge < -0.3 is 10.2 Å². The summed E-state index contributed by atoms with van der Waals surface area (Å²) in [6.07, 6.45) is 1.06. The second-order valence-corrected chi connectivity index (χ2v) is 6.03. The number of aromatic hydroxyl groups is 1. The molecule has 0 fully saturated rings. The van der Waals surface area contributed by atoms with Crippen LogP contribution >= 0.6 is 0 Å². The third kappa shape index (κ3) is 2.70. The number of hydrogen-bond acceptors (Lipinski definition) is 4. The van der Waals surface area contributed by atoms with Crippen LogP contribution in [0.1, 0.15) is 19.4 Å². The first-order valence-electron chi connectivity index (χ1n) is 4.38. The van der Waals surface area contributed by atoms with Gasteiger partial charge in [-0.2, -0.15) is 0 Å². The molecule has 1 rings (SSSR count). The lowest BCUT2D eigenvalue weighted by molar-refractivity contribution is 0.0757. The second-order valence-electron chi connectivity index (χ2n) is 4.01. The summed E-state index contributed by atoms with van der Waals surface area (Å²) in [6, 6.07) is 3.91. The minimum Gasteiger partial charge on any atom is -0.508 e. The van der Waals surface area contributed by atoms with Gasteiger partial charge in [-0.15, -0.1) is 0 Å². The maximum Gasteiger partial charge on any atom is 0.175 e. The number of phenols is 1. The van der Waals surface area contributed by atoms with Crippen molar-refractivity contribution < 1.29 is 18.6 Å². The molecule has 0 saturated heterocycles. The maximum atomic E-state index is 11.2. The lowest BCUT2D eigenvalue weighted by Gasteiger charge is -2.19. The average molecular weight is 230 g/mol. The molecule has 2 N–H and O–H groups in total. The summed E-state index contributed by atoms with van der Waals surface area (Å²) in [6.45, 7) is 3.03. The van der Waals surface area contributed by atoms with Gasteiger partial charge in [0.2, 0.25) is 0 Å². The van der Waals surface area contributed by atoms with E-state index in [0.29, 0.717) is 5.56 Å². The van der Waals surface area contributed by atoms with E-state index in [1.165, 1.54) is 26.0 Å². The van der Waals surface area contributed by atoms with Crippen molar-refractivity contribution in [3.8, 4) is 5.75 Å². The molecule has 4 nitrogen and oxygen atoms in total. The fraction of sp³-hybridized carbons (Fsp3) is 0.400. The minimum atomic E-state index is -3.33. The number of benzene rings is 1. The molecule has 1 aromatic rings. The Balaban J connectivity index is 3.34. The number of rotatable bonds is 2. The molecule has 0 saturated carbocycles. The van der Waals surface area contributed by atoms with Crippen molar-refractivity contribution in [2.45, 2.75) is 24.3 Å². The molecular formula is C10H14O4S.